The Morgan fingerprint density at radius 2 is 1.75 bits per heavy atom. The van der Waals surface area contributed by atoms with Crippen LogP contribution >= 0.6 is 17.1 Å². The Balaban J connectivity index is 2.84. The predicted octanol–water partition coefficient (Wildman–Crippen LogP) is 5.40. The van der Waals surface area contributed by atoms with Crippen LogP contribution in [0.2, 0.25) is 0 Å². The zero-order valence-electron chi connectivity index (χ0n) is 14.6. The molecule has 1 aromatic carbocycles. The first-order valence-electron chi connectivity index (χ1n) is 7.93. The number of aliphatic hydroxyl groups is 1. The first-order chi connectivity index (χ1) is 11.3. The molecule has 0 aliphatic heterocycles. The summed E-state index contributed by atoms with van der Waals surface area (Å²) in [5, 5.41) is 9.26. The average molecular weight is 392 g/mol. The van der Waals surface area contributed by atoms with Gasteiger partial charge in [-0.15, -0.1) is 0 Å². The third-order valence-corrected chi connectivity index (χ3v) is 8.21. The summed E-state index contributed by atoms with van der Waals surface area (Å²) in [5.41, 5.74) is -0.567. The third-order valence-electron chi connectivity index (χ3n) is 2.84. The second-order valence-electron chi connectivity index (χ2n) is 5.76. The smallest absolute Gasteiger partial charge is 0.248 e. The normalized spacial score (nSPS) is 13.1. The zero-order chi connectivity index (χ0) is 18.2. The molecule has 0 aromatic heterocycles. The van der Waals surface area contributed by atoms with Gasteiger partial charge in [-0.25, -0.2) is 4.39 Å². The number of benzene rings is 1. The third kappa shape index (κ3) is 8.24. The number of hydrogen-bond acceptors (Lipinski definition) is 5. The van der Waals surface area contributed by atoms with E-state index >= 15 is 0 Å². The standard InChI is InChI=1S/C17H26FO3PS2/c1-13(2)20-22(23,21-14(3)4)24-12-10-16(9-11-19)15-5-7-17(18)8-6-15/h5-8,10,13-14,19H,9,11-12H2,1-4H3/b16-10+. The fourth-order valence-corrected chi connectivity index (χ4v) is 7.39. The van der Waals surface area contributed by atoms with E-state index in [9.17, 15) is 9.50 Å². The highest BCUT2D eigenvalue weighted by molar-refractivity contribution is 8.67. The lowest BCUT2D eigenvalue weighted by Gasteiger charge is -2.25. The van der Waals surface area contributed by atoms with Gasteiger partial charge in [0.15, 0.2) is 0 Å². The molecule has 0 radical (unpaired) electrons. The second-order valence-corrected chi connectivity index (χ2v) is 12.0. The fraction of sp³-hybridized carbons (Fsp3) is 0.529. The van der Waals surface area contributed by atoms with E-state index in [1.165, 1.54) is 23.5 Å². The lowest BCUT2D eigenvalue weighted by molar-refractivity contribution is 0.186. The van der Waals surface area contributed by atoms with Crippen LogP contribution in [0, 0.1) is 5.82 Å². The number of rotatable bonds is 10. The van der Waals surface area contributed by atoms with Crippen molar-refractivity contribution in [1.29, 1.82) is 0 Å². The molecule has 1 rings (SSSR count). The monoisotopic (exact) mass is 392 g/mol. The molecule has 0 bridgehead atoms. The van der Waals surface area contributed by atoms with Gasteiger partial charge in [0.25, 0.3) is 0 Å². The minimum Gasteiger partial charge on any atom is -0.396 e. The molecule has 0 amide bonds. The average Bonchev–Trinajstić information content (AvgIpc) is 2.45. The molecule has 24 heavy (non-hydrogen) atoms. The summed E-state index contributed by atoms with van der Waals surface area (Å²) in [6, 6.07) is 6.27. The number of hydrogen-bond donors (Lipinski definition) is 1. The van der Waals surface area contributed by atoms with Crippen molar-refractivity contribution >= 4 is 34.5 Å². The topological polar surface area (TPSA) is 38.7 Å². The molecule has 7 heteroatoms. The molecule has 0 atom stereocenters. The highest BCUT2D eigenvalue weighted by atomic mass is 32.9. The quantitative estimate of drug-likeness (QED) is 0.540. The van der Waals surface area contributed by atoms with Crippen molar-refractivity contribution in [3.05, 3.63) is 41.7 Å². The lowest BCUT2D eigenvalue weighted by Crippen LogP contribution is -2.06. The molecule has 136 valence electrons. The Hall–Kier alpha value is -0.230. The molecule has 0 aliphatic carbocycles. The van der Waals surface area contributed by atoms with E-state index in [0.717, 1.165) is 11.1 Å². The van der Waals surface area contributed by atoms with Crippen molar-refractivity contribution in [2.75, 3.05) is 12.4 Å². The maximum atomic E-state index is 13.1. The maximum absolute atomic E-state index is 13.1. The van der Waals surface area contributed by atoms with Crippen LogP contribution in [0.5, 0.6) is 0 Å². The highest BCUT2D eigenvalue weighted by Gasteiger charge is 2.22. The van der Waals surface area contributed by atoms with E-state index in [1.54, 1.807) is 12.1 Å². The Bertz CT molecular complexity index is 560. The van der Waals surface area contributed by atoms with Gasteiger partial charge in [-0.2, -0.15) is 0 Å². The minimum absolute atomic E-state index is 0.0000682. The number of aliphatic hydroxyl groups excluding tert-OH is 1. The maximum Gasteiger partial charge on any atom is 0.248 e. The van der Waals surface area contributed by atoms with Gasteiger partial charge in [0.1, 0.15) is 5.82 Å². The lowest BCUT2D eigenvalue weighted by atomic mass is 10.0. The molecule has 0 fully saturated rings. The summed E-state index contributed by atoms with van der Waals surface area (Å²) in [5.74, 6) is 0.339. The van der Waals surface area contributed by atoms with Gasteiger partial charge < -0.3 is 14.2 Å². The largest absolute Gasteiger partial charge is 0.396 e. The SMILES string of the molecule is CC(C)OP(=S)(OC(C)C)SC/C=C(\CCO)c1ccc(F)cc1. The van der Waals surface area contributed by atoms with Gasteiger partial charge in [0.05, 0.1) is 12.2 Å². The van der Waals surface area contributed by atoms with E-state index in [-0.39, 0.29) is 24.6 Å². The van der Waals surface area contributed by atoms with Gasteiger partial charge >= 0.3 is 0 Å². The van der Waals surface area contributed by atoms with E-state index in [4.69, 9.17) is 20.9 Å². The molecule has 3 nitrogen and oxygen atoms in total. The van der Waals surface area contributed by atoms with Crippen LogP contribution in [0.1, 0.15) is 39.7 Å². The van der Waals surface area contributed by atoms with Crippen LogP contribution in [0.25, 0.3) is 5.57 Å². The van der Waals surface area contributed by atoms with Crippen molar-refractivity contribution in [1.82, 2.24) is 0 Å². The van der Waals surface area contributed by atoms with E-state index in [1.807, 2.05) is 33.8 Å². The Kier molecular flexibility index (Phi) is 9.72. The van der Waals surface area contributed by atoms with Gasteiger partial charge in [-0.1, -0.05) is 29.6 Å². The van der Waals surface area contributed by atoms with Crippen molar-refractivity contribution in [2.24, 2.45) is 0 Å². The van der Waals surface area contributed by atoms with Crippen LogP contribution in [0.15, 0.2) is 30.3 Å². The second kappa shape index (κ2) is 10.7. The Labute approximate surface area is 153 Å². The van der Waals surface area contributed by atoms with Crippen LogP contribution < -0.4 is 0 Å². The Morgan fingerprint density at radius 1 is 1.21 bits per heavy atom. The molecule has 0 aliphatic rings. The summed E-state index contributed by atoms with van der Waals surface area (Å²) < 4.78 is 24.8. The van der Waals surface area contributed by atoms with E-state index in [0.29, 0.717) is 12.2 Å². The van der Waals surface area contributed by atoms with Crippen LogP contribution in [-0.2, 0) is 20.9 Å². The first kappa shape index (κ1) is 21.8. The summed E-state index contributed by atoms with van der Waals surface area (Å²) in [7, 11) is 0. The van der Waals surface area contributed by atoms with Crippen LogP contribution in [-0.4, -0.2) is 29.7 Å². The minimum atomic E-state index is -2.42. The van der Waals surface area contributed by atoms with E-state index in [2.05, 4.69) is 0 Å². The molecule has 1 N–H and O–H groups in total. The first-order valence-corrected chi connectivity index (χ1v) is 12.2. The summed E-state index contributed by atoms with van der Waals surface area (Å²) in [6.07, 6.45) is 2.51. The molecule has 0 unspecified atom stereocenters. The van der Waals surface area contributed by atoms with Crippen LogP contribution in [0.3, 0.4) is 0 Å². The number of halogens is 1. The molecule has 0 spiro atoms. The van der Waals surface area contributed by atoms with Crippen molar-refractivity contribution < 1.29 is 18.5 Å². The molecule has 1 aromatic rings. The van der Waals surface area contributed by atoms with Gasteiger partial charge in [0, 0.05) is 12.4 Å². The summed E-state index contributed by atoms with van der Waals surface area (Å²) in [4.78, 5) is 0. The summed E-state index contributed by atoms with van der Waals surface area (Å²) >= 11 is 7.09. The summed E-state index contributed by atoms with van der Waals surface area (Å²) in [6.45, 7) is 7.80. The fourth-order valence-electron chi connectivity index (χ4n) is 1.98. The molecular formula is C17H26FO3PS2. The molecule has 0 heterocycles. The van der Waals surface area contributed by atoms with Crippen LogP contribution in [0.4, 0.5) is 4.39 Å². The molecule has 0 saturated heterocycles. The van der Waals surface area contributed by atoms with Gasteiger partial charge in [-0.3, -0.25) is 0 Å². The van der Waals surface area contributed by atoms with Gasteiger partial charge in [-0.05, 0) is 69.2 Å². The molecule has 0 saturated carbocycles. The van der Waals surface area contributed by atoms with Crippen molar-refractivity contribution in [3.8, 4) is 0 Å². The van der Waals surface area contributed by atoms with Gasteiger partial charge in [0.2, 0.25) is 5.69 Å². The molecular weight excluding hydrogens is 366 g/mol. The van der Waals surface area contributed by atoms with Crippen molar-refractivity contribution in [3.63, 3.8) is 0 Å². The Morgan fingerprint density at radius 3 is 2.21 bits per heavy atom. The van der Waals surface area contributed by atoms with Crippen molar-refractivity contribution in [2.45, 2.75) is 46.3 Å². The van der Waals surface area contributed by atoms with E-state index < -0.39 is 5.69 Å². The highest BCUT2D eigenvalue weighted by Crippen LogP contribution is 2.62. The predicted molar refractivity (Wildman–Crippen MR) is 105 cm³/mol. The zero-order valence-corrected chi connectivity index (χ0v) is 17.1.